The first kappa shape index (κ1) is 13.3. The summed E-state index contributed by atoms with van der Waals surface area (Å²) in [4.78, 5) is 2.20. The minimum absolute atomic E-state index is 0.236. The van der Waals surface area contributed by atoms with E-state index in [1.807, 2.05) is 7.05 Å². The lowest BCUT2D eigenvalue weighted by Gasteiger charge is -2.36. The summed E-state index contributed by atoms with van der Waals surface area (Å²) in [7, 11) is -1.02. The van der Waals surface area contributed by atoms with E-state index in [0.717, 1.165) is 6.54 Å². The normalized spacial score (nSPS) is 28.5. The van der Waals surface area contributed by atoms with Gasteiger partial charge in [0.25, 0.3) is 0 Å². The number of hydrogen-bond donors (Lipinski definition) is 1. The van der Waals surface area contributed by atoms with Crippen molar-refractivity contribution in [1.29, 1.82) is 0 Å². The largest absolute Gasteiger partial charge is 0.313 e. The fourth-order valence-electron chi connectivity index (χ4n) is 2.08. The Balaban J connectivity index is 1.81. The van der Waals surface area contributed by atoms with Gasteiger partial charge in [0, 0.05) is 38.3 Å². The van der Waals surface area contributed by atoms with Crippen LogP contribution in [0.1, 0.15) is 19.8 Å². The van der Waals surface area contributed by atoms with Crippen molar-refractivity contribution >= 4 is 10.0 Å². The molecule has 5 nitrogen and oxygen atoms in total. The Kier molecular flexibility index (Phi) is 4.07. The number of likely N-dealkylation sites (N-methyl/N-ethyl adjacent to an activating group) is 1. The number of piperazine rings is 1. The summed E-state index contributed by atoms with van der Waals surface area (Å²) >= 11 is 0. The van der Waals surface area contributed by atoms with E-state index >= 15 is 0 Å². The lowest BCUT2D eigenvalue weighted by atomic mass is 10.2. The second-order valence-corrected chi connectivity index (χ2v) is 7.32. The molecule has 1 saturated heterocycles. The zero-order chi connectivity index (χ0) is 12.5. The SMILES string of the molecule is CC1CN(S(=O)(=O)CCNC2CC2)CCN1C. The molecule has 6 heteroatoms. The maximum absolute atomic E-state index is 12.1. The average Bonchev–Trinajstić information content (AvgIpc) is 3.05. The lowest BCUT2D eigenvalue weighted by Crippen LogP contribution is -2.52. The first-order valence-electron chi connectivity index (χ1n) is 6.40. The summed E-state index contributed by atoms with van der Waals surface area (Å²) < 4.78 is 25.9. The number of nitrogens with zero attached hydrogens (tertiary/aromatic N) is 2. The molecule has 1 atom stereocenters. The molecule has 1 aliphatic heterocycles. The van der Waals surface area contributed by atoms with Crippen molar-refractivity contribution in [2.75, 3.05) is 39.0 Å². The molecule has 0 radical (unpaired) electrons. The lowest BCUT2D eigenvalue weighted by molar-refractivity contribution is 0.159. The van der Waals surface area contributed by atoms with Crippen LogP contribution in [0.4, 0.5) is 0 Å². The maximum Gasteiger partial charge on any atom is 0.215 e. The number of hydrogen-bond acceptors (Lipinski definition) is 4. The molecule has 2 aliphatic rings. The highest BCUT2D eigenvalue weighted by molar-refractivity contribution is 7.89. The van der Waals surface area contributed by atoms with Gasteiger partial charge in [0.15, 0.2) is 0 Å². The van der Waals surface area contributed by atoms with E-state index in [-0.39, 0.29) is 5.75 Å². The van der Waals surface area contributed by atoms with Crippen molar-refractivity contribution in [2.24, 2.45) is 0 Å². The van der Waals surface area contributed by atoms with Gasteiger partial charge < -0.3 is 10.2 Å². The van der Waals surface area contributed by atoms with Crippen molar-refractivity contribution in [3.63, 3.8) is 0 Å². The molecule has 1 aliphatic carbocycles. The Morgan fingerprint density at radius 2 is 2.00 bits per heavy atom. The van der Waals surface area contributed by atoms with Gasteiger partial charge in [-0.1, -0.05) is 0 Å². The standard InChI is InChI=1S/C11H23N3O2S/c1-10-9-14(7-6-13(10)2)17(15,16)8-5-12-11-3-4-11/h10-12H,3-9H2,1-2H3. The molecule has 100 valence electrons. The van der Waals surface area contributed by atoms with Crippen LogP contribution in [0.5, 0.6) is 0 Å². The van der Waals surface area contributed by atoms with Crippen molar-refractivity contribution in [3.05, 3.63) is 0 Å². The first-order valence-corrected chi connectivity index (χ1v) is 8.01. The van der Waals surface area contributed by atoms with Gasteiger partial charge in [-0.15, -0.1) is 0 Å². The summed E-state index contributed by atoms with van der Waals surface area (Å²) in [6.07, 6.45) is 2.40. The molecule has 1 unspecified atom stereocenters. The summed E-state index contributed by atoms with van der Waals surface area (Å²) in [5, 5.41) is 3.26. The van der Waals surface area contributed by atoms with Gasteiger partial charge in [0.05, 0.1) is 5.75 Å². The van der Waals surface area contributed by atoms with E-state index in [1.54, 1.807) is 4.31 Å². The minimum Gasteiger partial charge on any atom is -0.313 e. The number of rotatable bonds is 5. The first-order chi connectivity index (χ1) is 7.99. The molecule has 0 bridgehead atoms. The predicted molar refractivity (Wildman–Crippen MR) is 68.5 cm³/mol. The van der Waals surface area contributed by atoms with E-state index in [1.165, 1.54) is 12.8 Å². The van der Waals surface area contributed by atoms with Gasteiger partial charge in [-0.25, -0.2) is 8.42 Å². The number of nitrogens with one attached hydrogen (secondary N) is 1. The van der Waals surface area contributed by atoms with Crippen LogP contribution in [0.15, 0.2) is 0 Å². The molecule has 0 amide bonds. The molecule has 0 spiro atoms. The zero-order valence-corrected chi connectivity index (χ0v) is 11.5. The highest BCUT2D eigenvalue weighted by Gasteiger charge is 2.29. The Morgan fingerprint density at radius 3 is 2.59 bits per heavy atom. The zero-order valence-electron chi connectivity index (χ0n) is 10.7. The average molecular weight is 261 g/mol. The van der Waals surface area contributed by atoms with Crippen LogP contribution in [-0.2, 0) is 10.0 Å². The molecule has 1 heterocycles. The summed E-state index contributed by atoms with van der Waals surface area (Å²) in [5.41, 5.74) is 0. The van der Waals surface area contributed by atoms with Gasteiger partial charge in [-0.05, 0) is 26.8 Å². The van der Waals surface area contributed by atoms with E-state index < -0.39 is 10.0 Å². The molecule has 2 fully saturated rings. The van der Waals surface area contributed by atoms with Crippen LogP contribution >= 0.6 is 0 Å². The van der Waals surface area contributed by atoms with Crippen LogP contribution in [0, 0.1) is 0 Å². The molecule has 1 saturated carbocycles. The van der Waals surface area contributed by atoms with Crippen LogP contribution < -0.4 is 5.32 Å². The smallest absolute Gasteiger partial charge is 0.215 e. The molecular formula is C11H23N3O2S. The maximum atomic E-state index is 12.1. The van der Waals surface area contributed by atoms with Gasteiger partial charge in [-0.3, -0.25) is 0 Å². The van der Waals surface area contributed by atoms with Gasteiger partial charge in [0.1, 0.15) is 0 Å². The van der Waals surface area contributed by atoms with Crippen LogP contribution in [0.2, 0.25) is 0 Å². The summed E-state index contributed by atoms with van der Waals surface area (Å²) in [5.74, 6) is 0.236. The van der Waals surface area contributed by atoms with E-state index in [0.29, 0.717) is 31.7 Å². The fourth-order valence-corrected chi connectivity index (χ4v) is 3.51. The second kappa shape index (κ2) is 5.22. The monoisotopic (exact) mass is 261 g/mol. The predicted octanol–water partition coefficient (Wildman–Crippen LogP) is -0.296. The molecular weight excluding hydrogens is 238 g/mol. The molecule has 0 aromatic carbocycles. The van der Waals surface area contributed by atoms with Gasteiger partial charge in [0.2, 0.25) is 10.0 Å². The van der Waals surface area contributed by atoms with E-state index in [9.17, 15) is 8.42 Å². The topological polar surface area (TPSA) is 52.7 Å². The van der Waals surface area contributed by atoms with E-state index in [2.05, 4.69) is 17.1 Å². The summed E-state index contributed by atoms with van der Waals surface area (Å²) in [6, 6.07) is 0.895. The van der Waals surface area contributed by atoms with Crippen LogP contribution in [0.25, 0.3) is 0 Å². The van der Waals surface area contributed by atoms with Crippen molar-refractivity contribution in [2.45, 2.75) is 31.8 Å². The Hall–Kier alpha value is -0.170. The second-order valence-electron chi connectivity index (χ2n) is 5.23. The van der Waals surface area contributed by atoms with Crippen LogP contribution in [-0.4, -0.2) is 68.7 Å². The number of sulfonamides is 1. The third kappa shape index (κ3) is 3.64. The quantitative estimate of drug-likeness (QED) is 0.738. The van der Waals surface area contributed by atoms with Gasteiger partial charge >= 0.3 is 0 Å². The Morgan fingerprint density at radius 1 is 1.29 bits per heavy atom. The third-order valence-electron chi connectivity index (χ3n) is 3.69. The third-order valence-corrected chi connectivity index (χ3v) is 5.52. The minimum atomic E-state index is -3.06. The van der Waals surface area contributed by atoms with Crippen molar-refractivity contribution < 1.29 is 8.42 Å². The van der Waals surface area contributed by atoms with Gasteiger partial charge in [-0.2, -0.15) is 4.31 Å². The molecule has 0 aromatic heterocycles. The molecule has 1 N–H and O–H groups in total. The molecule has 0 aromatic rings. The molecule has 2 rings (SSSR count). The Bertz CT molecular complexity index is 354. The molecule has 17 heavy (non-hydrogen) atoms. The van der Waals surface area contributed by atoms with Crippen LogP contribution in [0.3, 0.4) is 0 Å². The highest BCUT2D eigenvalue weighted by atomic mass is 32.2. The van der Waals surface area contributed by atoms with Crippen molar-refractivity contribution in [3.8, 4) is 0 Å². The highest BCUT2D eigenvalue weighted by Crippen LogP contribution is 2.18. The van der Waals surface area contributed by atoms with E-state index in [4.69, 9.17) is 0 Å². The Labute approximate surface area is 104 Å². The summed E-state index contributed by atoms with van der Waals surface area (Å²) in [6.45, 7) is 4.75. The fraction of sp³-hybridized carbons (Fsp3) is 1.00. The van der Waals surface area contributed by atoms with Crippen molar-refractivity contribution in [1.82, 2.24) is 14.5 Å².